The van der Waals surface area contributed by atoms with E-state index in [4.69, 9.17) is 0 Å². The van der Waals surface area contributed by atoms with Crippen molar-refractivity contribution in [3.63, 3.8) is 0 Å². The van der Waals surface area contributed by atoms with Gasteiger partial charge >= 0.3 is 6.18 Å². The number of carbonyl (C=O) groups is 1. The van der Waals surface area contributed by atoms with Gasteiger partial charge in [0.05, 0.1) is 6.04 Å². The van der Waals surface area contributed by atoms with Gasteiger partial charge in [-0.3, -0.25) is 9.79 Å². The first-order chi connectivity index (χ1) is 14.4. The largest absolute Gasteiger partial charge is 0.433 e. The van der Waals surface area contributed by atoms with Crippen LogP contribution in [0.2, 0.25) is 0 Å². The monoisotopic (exact) mass is 549 g/mol. The van der Waals surface area contributed by atoms with Crippen molar-refractivity contribution in [3.05, 3.63) is 48.3 Å². The highest BCUT2D eigenvalue weighted by atomic mass is 127. The van der Waals surface area contributed by atoms with Gasteiger partial charge in [-0.1, -0.05) is 18.2 Å². The number of hydrogen-bond acceptors (Lipinski definition) is 5. The van der Waals surface area contributed by atoms with Crippen LogP contribution in [0.5, 0.6) is 0 Å². The van der Waals surface area contributed by atoms with E-state index < -0.39 is 11.9 Å². The van der Waals surface area contributed by atoms with E-state index in [1.807, 2.05) is 30.3 Å². The van der Waals surface area contributed by atoms with Crippen LogP contribution in [0.4, 0.5) is 24.8 Å². The Labute approximate surface area is 194 Å². The standard InChI is InChI=1S/C19H22F3N7O.HI/c1-23-17(25-9-10-26-18-24-8-7-15(28-18)19(20,21)22)27-13-11-16(30)29(12-13)14-5-3-2-4-6-14;/h2-8,13H,9-12H2,1H3,(H2,23,25,27)(H,24,26,28);1H. The molecule has 0 saturated carbocycles. The van der Waals surface area contributed by atoms with Gasteiger partial charge in [0, 0.05) is 45.0 Å². The topological polar surface area (TPSA) is 94.5 Å². The van der Waals surface area contributed by atoms with Gasteiger partial charge in [-0.05, 0) is 18.2 Å². The van der Waals surface area contributed by atoms with Crippen molar-refractivity contribution in [1.29, 1.82) is 0 Å². The summed E-state index contributed by atoms with van der Waals surface area (Å²) in [4.78, 5) is 25.4. The average molecular weight is 549 g/mol. The molecular formula is C19H23F3IN7O. The van der Waals surface area contributed by atoms with Crippen LogP contribution in [-0.4, -0.2) is 54.6 Å². The summed E-state index contributed by atoms with van der Waals surface area (Å²) >= 11 is 0. The molecule has 12 heteroatoms. The third-order valence-electron chi connectivity index (χ3n) is 4.40. The number of benzene rings is 1. The van der Waals surface area contributed by atoms with Crippen molar-refractivity contribution in [2.24, 2.45) is 4.99 Å². The van der Waals surface area contributed by atoms with Gasteiger partial charge in [0.25, 0.3) is 0 Å². The van der Waals surface area contributed by atoms with Crippen molar-refractivity contribution in [2.45, 2.75) is 18.6 Å². The Kier molecular flexibility index (Phi) is 8.83. The molecule has 0 spiro atoms. The number of hydrogen-bond donors (Lipinski definition) is 3. The lowest BCUT2D eigenvalue weighted by molar-refractivity contribution is -0.141. The SMILES string of the molecule is CN=C(NCCNc1nccc(C(F)(F)F)n1)NC1CC(=O)N(c2ccccc2)C1.I. The Balaban J connectivity index is 0.00000341. The molecule has 1 atom stereocenters. The van der Waals surface area contributed by atoms with Crippen LogP contribution in [0.1, 0.15) is 12.1 Å². The van der Waals surface area contributed by atoms with Crippen molar-refractivity contribution in [3.8, 4) is 0 Å². The zero-order valence-electron chi connectivity index (χ0n) is 16.7. The lowest BCUT2D eigenvalue weighted by Gasteiger charge is -2.19. The number of nitrogens with zero attached hydrogens (tertiary/aromatic N) is 4. The number of para-hydroxylation sites is 1. The van der Waals surface area contributed by atoms with Crippen LogP contribution in [0.3, 0.4) is 0 Å². The molecule has 8 nitrogen and oxygen atoms in total. The Bertz CT molecular complexity index is 896. The minimum atomic E-state index is -4.52. The quantitative estimate of drug-likeness (QED) is 0.222. The highest BCUT2D eigenvalue weighted by Gasteiger charge is 2.33. The fraction of sp³-hybridized carbons (Fsp3) is 0.368. The predicted octanol–water partition coefficient (Wildman–Crippen LogP) is 2.50. The number of carbonyl (C=O) groups excluding carboxylic acids is 1. The number of rotatable bonds is 6. The van der Waals surface area contributed by atoms with Gasteiger partial charge < -0.3 is 20.9 Å². The maximum atomic E-state index is 12.7. The first kappa shape index (κ1) is 24.6. The summed E-state index contributed by atoms with van der Waals surface area (Å²) in [6.07, 6.45) is -3.12. The summed E-state index contributed by atoms with van der Waals surface area (Å²) < 4.78 is 38.0. The fourth-order valence-corrected chi connectivity index (χ4v) is 3.01. The van der Waals surface area contributed by atoms with Gasteiger partial charge in [0.2, 0.25) is 11.9 Å². The zero-order valence-corrected chi connectivity index (χ0v) is 19.0. The van der Waals surface area contributed by atoms with E-state index in [1.54, 1.807) is 11.9 Å². The minimum absolute atomic E-state index is 0. The van der Waals surface area contributed by atoms with Crippen LogP contribution < -0.4 is 20.9 Å². The molecular weight excluding hydrogens is 526 g/mol. The summed E-state index contributed by atoms with van der Waals surface area (Å²) in [6.45, 7) is 1.16. The van der Waals surface area contributed by atoms with Crippen LogP contribution in [0.15, 0.2) is 47.6 Å². The number of aliphatic imine (C=N–C) groups is 1. The number of aromatic nitrogens is 2. The number of amides is 1. The molecule has 1 saturated heterocycles. The molecule has 3 rings (SSSR count). The number of anilines is 2. The molecule has 0 aliphatic carbocycles. The predicted molar refractivity (Wildman–Crippen MR) is 123 cm³/mol. The van der Waals surface area contributed by atoms with Gasteiger partial charge in [0.1, 0.15) is 5.69 Å². The summed E-state index contributed by atoms with van der Waals surface area (Å²) in [6, 6.07) is 10.1. The molecule has 1 aliphatic rings. The molecule has 3 N–H and O–H groups in total. The third-order valence-corrected chi connectivity index (χ3v) is 4.40. The second-order valence-corrected chi connectivity index (χ2v) is 6.57. The zero-order chi connectivity index (χ0) is 21.6. The molecule has 1 fully saturated rings. The van der Waals surface area contributed by atoms with Crippen LogP contribution >= 0.6 is 24.0 Å². The first-order valence-corrected chi connectivity index (χ1v) is 9.33. The van der Waals surface area contributed by atoms with E-state index in [0.29, 0.717) is 25.5 Å². The maximum Gasteiger partial charge on any atom is 0.433 e. The molecule has 2 aromatic rings. The van der Waals surface area contributed by atoms with Crippen molar-refractivity contribution in [2.75, 3.05) is 36.9 Å². The third kappa shape index (κ3) is 6.94. The fourth-order valence-electron chi connectivity index (χ4n) is 3.01. The van der Waals surface area contributed by atoms with Crippen molar-refractivity contribution < 1.29 is 18.0 Å². The molecule has 1 aromatic carbocycles. The highest BCUT2D eigenvalue weighted by Crippen LogP contribution is 2.27. The second kappa shape index (κ2) is 11.1. The normalized spacial score (nSPS) is 16.6. The lowest BCUT2D eigenvalue weighted by Crippen LogP contribution is -2.45. The highest BCUT2D eigenvalue weighted by molar-refractivity contribution is 14.0. The van der Waals surface area contributed by atoms with Crippen LogP contribution in [0.25, 0.3) is 0 Å². The van der Waals surface area contributed by atoms with Crippen LogP contribution in [-0.2, 0) is 11.0 Å². The molecule has 0 bridgehead atoms. The number of halogens is 4. The molecule has 0 radical (unpaired) electrons. The molecule has 2 heterocycles. The van der Waals surface area contributed by atoms with E-state index in [9.17, 15) is 18.0 Å². The Morgan fingerprint density at radius 1 is 1.23 bits per heavy atom. The van der Waals surface area contributed by atoms with E-state index in [2.05, 4.69) is 30.9 Å². The summed E-state index contributed by atoms with van der Waals surface area (Å²) in [5.41, 5.74) is -0.153. The molecule has 31 heavy (non-hydrogen) atoms. The molecule has 1 amide bonds. The summed E-state index contributed by atoms with van der Waals surface area (Å²) in [5.74, 6) is 0.418. The van der Waals surface area contributed by atoms with E-state index >= 15 is 0 Å². The smallest absolute Gasteiger partial charge is 0.355 e. The summed E-state index contributed by atoms with van der Waals surface area (Å²) in [7, 11) is 1.60. The second-order valence-electron chi connectivity index (χ2n) is 6.57. The minimum Gasteiger partial charge on any atom is -0.355 e. The lowest BCUT2D eigenvalue weighted by atomic mass is 10.2. The van der Waals surface area contributed by atoms with Crippen molar-refractivity contribution >= 4 is 47.5 Å². The van der Waals surface area contributed by atoms with Gasteiger partial charge in [-0.2, -0.15) is 13.2 Å². The summed E-state index contributed by atoms with van der Waals surface area (Å²) in [5, 5.41) is 8.98. The van der Waals surface area contributed by atoms with Gasteiger partial charge in [-0.25, -0.2) is 9.97 Å². The van der Waals surface area contributed by atoms with E-state index in [-0.39, 0.29) is 48.4 Å². The van der Waals surface area contributed by atoms with Gasteiger partial charge in [0.15, 0.2) is 5.96 Å². The molecule has 168 valence electrons. The van der Waals surface area contributed by atoms with Crippen molar-refractivity contribution in [1.82, 2.24) is 20.6 Å². The van der Waals surface area contributed by atoms with E-state index in [0.717, 1.165) is 18.0 Å². The van der Waals surface area contributed by atoms with Crippen LogP contribution in [0, 0.1) is 0 Å². The number of alkyl halides is 3. The van der Waals surface area contributed by atoms with Gasteiger partial charge in [-0.15, -0.1) is 24.0 Å². The number of nitrogens with one attached hydrogen (secondary N) is 3. The average Bonchev–Trinajstić information content (AvgIpc) is 3.10. The Morgan fingerprint density at radius 3 is 2.65 bits per heavy atom. The maximum absolute atomic E-state index is 12.7. The molecule has 1 aliphatic heterocycles. The molecule has 1 aromatic heterocycles. The Hall–Kier alpha value is -2.64. The number of guanidine groups is 1. The Morgan fingerprint density at radius 2 is 1.97 bits per heavy atom. The van der Waals surface area contributed by atoms with E-state index in [1.165, 1.54) is 0 Å². The first-order valence-electron chi connectivity index (χ1n) is 9.33. The molecule has 1 unspecified atom stereocenters.